The number of hydrogen-bond acceptors (Lipinski definition) is 2. The van der Waals surface area contributed by atoms with Crippen LogP contribution in [0.3, 0.4) is 0 Å². The maximum Gasteiger partial charge on any atom is 0.0526 e. The number of nitrogens with one attached hydrogen (secondary N) is 1. The van der Waals surface area contributed by atoms with Crippen LogP contribution < -0.4 is 5.32 Å². The Morgan fingerprint density at radius 3 is 2.94 bits per heavy atom. The van der Waals surface area contributed by atoms with Crippen molar-refractivity contribution in [3.63, 3.8) is 0 Å². The Morgan fingerprint density at radius 2 is 2.24 bits per heavy atom. The molecule has 0 heterocycles. The molecule has 2 nitrogen and oxygen atoms in total. The molecule has 0 aromatic heterocycles. The molecule has 1 aliphatic rings. The van der Waals surface area contributed by atoms with Gasteiger partial charge in [-0.05, 0) is 56.4 Å². The molecule has 0 amide bonds. The van der Waals surface area contributed by atoms with Crippen molar-refractivity contribution in [1.29, 1.82) is 0 Å². The van der Waals surface area contributed by atoms with Crippen molar-refractivity contribution < 1.29 is 5.11 Å². The monoisotopic (exact) mass is 297 g/mol. The van der Waals surface area contributed by atoms with E-state index in [1.165, 1.54) is 11.1 Å². The van der Waals surface area contributed by atoms with Crippen molar-refractivity contribution in [2.24, 2.45) is 0 Å². The molecule has 3 atom stereocenters. The first-order valence-corrected chi connectivity index (χ1v) is 7.08. The molecule has 0 saturated carbocycles. The quantitative estimate of drug-likeness (QED) is 0.895. The Hall–Kier alpha value is -0.380. The third kappa shape index (κ3) is 3.30. The highest BCUT2D eigenvalue weighted by Crippen LogP contribution is 2.33. The minimum atomic E-state index is -0.233. The summed E-state index contributed by atoms with van der Waals surface area (Å²) in [5, 5.41) is 13.0. The van der Waals surface area contributed by atoms with E-state index in [4.69, 9.17) is 0 Å². The summed E-state index contributed by atoms with van der Waals surface area (Å²) in [5.74, 6) is 0. The lowest BCUT2D eigenvalue weighted by Gasteiger charge is -2.21. The molecule has 0 bridgehead atoms. The summed E-state index contributed by atoms with van der Waals surface area (Å²) in [7, 11) is 0. The molecule has 0 fully saturated rings. The molecule has 1 aliphatic carbocycles. The summed E-state index contributed by atoms with van der Waals surface area (Å²) in [6, 6.07) is 7.34. The maximum absolute atomic E-state index is 9.38. The van der Waals surface area contributed by atoms with E-state index >= 15 is 0 Å². The molecule has 0 saturated heterocycles. The zero-order chi connectivity index (χ0) is 12.4. The number of aryl methyl sites for hydroxylation is 1. The van der Waals surface area contributed by atoms with E-state index in [2.05, 4.69) is 46.4 Å². The topological polar surface area (TPSA) is 32.3 Å². The third-order valence-electron chi connectivity index (χ3n) is 3.36. The Kier molecular flexibility index (Phi) is 4.23. The van der Waals surface area contributed by atoms with Gasteiger partial charge in [0.25, 0.3) is 0 Å². The van der Waals surface area contributed by atoms with E-state index in [1.54, 1.807) is 0 Å². The van der Waals surface area contributed by atoms with Gasteiger partial charge >= 0.3 is 0 Å². The zero-order valence-corrected chi connectivity index (χ0v) is 12.0. The molecule has 2 N–H and O–H groups in total. The van der Waals surface area contributed by atoms with E-state index < -0.39 is 0 Å². The highest BCUT2D eigenvalue weighted by Gasteiger charge is 2.23. The summed E-state index contributed by atoms with van der Waals surface area (Å²) >= 11 is 3.51. The van der Waals surface area contributed by atoms with Gasteiger partial charge in [0.15, 0.2) is 0 Å². The molecule has 3 heteroatoms. The van der Waals surface area contributed by atoms with Crippen molar-refractivity contribution in [2.75, 3.05) is 0 Å². The van der Waals surface area contributed by atoms with Crippen LogP contribution in [0.25, 0.3) is 0 Å². The summed E-state index contributed by atoms with van der Waals surface area (Å²) in [6.07, 6.45) is 2.88. The average Bonchev–Trinajstić information content (AvgIpc) is 2.59. The second-order valence-electron chi connectivity index (χ2n) is 5.09. The van der Waals surface area contributed by atoms with Crippen molar-refractivity contribution >= 4 is 15.9 Å². The van der Waals surface area contributed by atoms with Gasteiger partial charge in [0.1, 0.15) is 0 Å². The largest absolute Gasteiger partial charge is 0.393 e. The molecule has 0 spiro atoms. The van der Waals surface area contributed by atoms with Crippen molar-refractivity contribution in [3.05, 3.63) is 33.8 Å². The number of benzene rings is 1. The number of halogens is 1. The van der Waals surface area contributed by atoms with Gasteiger partial charge in [-0.2, -0.15) is 0 Å². The summed E-state index contributed by atoms with van der Waals surface area (Å²) in [5.41, 5.74) is 2.87. The van der Waals surface area contributed by atoms with Gasteiger partial charge in [0, 0.05) is 16.6 Å². The first-order chi connectivity index (χ1) is 8.06. The van der Waals surface area contributed by atoms with Gasteiger partial charge in [-0.15, -0.1) is 0 Å². The minimum Gasteiger partial charge on any atom is -0.393 e. The van der Waals surface area contributed by atoms with Gasteiger partial charge in [0.05, 0.1) is 6.10 Å². The fraction of sp³-hybridized carbons (Fsp3) is 0.571. The third-order valence-corrected chi connectivity index (χ3v) is 3.86. The maximum atomic E-state index is 9.38. The van der Waals surface area contributed by atoms with Crippen LogP contribution in [0.2, 0.25) is 0 Å². The van der Waals surface area contributed by atoms with Crippen LogP contribution in [0.1, 0.15) is 43.9 Å². The molecule has 0 radical (unpaired) electrons. The van der Waals surface area contributed by atoms with Crippen molar-refractivity contribution in [2.45, 2.75) is 51.3 Å². The normalized spacial score (nSPS) is 22.2. The number of hydrogen-bond donors (Lipinski definition) is 2. The SMILES string of the molecule is CC(O)CC(C)NC1CCc2cc(Br)ccc21. The van der Waals surface area contributed by atoms with E-state index in [-0.39, 0.29) is 6.10 Å². The second kappa shape index (κ2) is 5.51. The fourth-order valence-electron chi connectivity index (χ4n) is 2.68. The average molecular weight is 298 g/mol. The number of aliphatic hydroxyl groups is 1. The van der Waals surface area contributed by atoms with Gasteiger partial charge in [-0.25, -0.2) is 0 Å². The van der Waals surface area contributed by atoms with Crippen LogP contribution in [0.15, 0.2) is 22.7 Å². The van der Waals surface area contributed by atoms with Crippen LogP contribution in [-0.4, -0.2) is 17.3 Å². The van der Waals surface area contributed by atoms with Crippen LogP contribution >= 0.6 is 15.9 Å². The lowest BCUT2D eigenvalue weighted by molar-refractivity contribution is 0.168. The first-order valence-electron chi connectivity index (χ1n) is 6.28. The summed E-state index contributed by atoms with van der Waals surface area (Å²) in [6.45, 7) is 3.99. The number of rotatable bonds is 4. The van der Waals surface area contributed by atoms with E-state index in [9.17, 15) is 5.11 Å². The highest BCUT2D eigenvalue weighted by atomic mass is 79.9. The molecule has 17 heavy (non-hydrogen) atoms. The molecule has 94 valence electrons. The van der Waals surface area contributed by atoms with Gasteiger partial charge in [-0.3, -0.25) is 0 Å². The summed E-state index contributed by atoms with van der Waals surface area (Å²) in [4.78, 5) is 0. The van der Waals surface area contributed by atoms with E-state index in [0.717, 1.165) is 23.7 Å². The molecule has 0 aliphatic heterocycles. The second-order valence-corrected chi connectivity index (χ2v) is 6.00. The Labute approximate surface area is 112 Å². The highest BCUT2D eigenvalue weighted by molar-refractivity contribution is 9.10. The molecular formula is C14H20BrNO. The fourth-order valence-corrected chi connectivity index (χ4v) is 3.09. The predicted octanol–water partition coefficient (Wildman–Crippen LogP) is 3.19. The zero-order valence-electron chi connectivity index (χ0n) is 10.4. The van der Waals surface area contributed by atoms with Crippen LogP contribution in [0.5, 0.6) is 0 Å². The lowest BCUT2D eigenvalue weighted by Crippen LogP contribution is -2.31. The van der Waals surface area contributed by atoms with Crippen LogP contribution in [-0.2, 0) is 6.42 Å². The predicted molar refractivity (Wildman–Crippen MR) is 74.1 cm³/mol. The Morgan fingerprint density at radius 1 is 1.47 bits per heavy atom. The lowest BCUT2D eigenvalue weighted by atomic mass is 10.1. The van der Waals surface area contributed by atoms with E-state index in [1.807, 2.05) is 6.92 Å². The van der Waals surface area contributed by atoms with Crippen LogP contribution in [0.4, 0.5) is 0 Å². The Bertz CT molecular complexity index is 392. The number of aliphatic hydroxyl groups excluding tert-OH is 1. The van der Waals surface area contributed by atoms with Gasteiger partial charge < -0.3 is 10.4 Å². The summed E-state index contributed by atoms with van der Waals surface area (Å²) < 4.78 is 1.16. The Balaban J connectivity index is 2.02. The molecule has 1 aromatic carbocycles. The molecule has 3 unspecified atom stereocenters. The molecule has 1 aromatic rings. The molecule has 2 rings (SSSR count). The van der Waals surface area contributed by atoms with Crippen molar-refractivity contribution in [3.8, 4) is 0 Å². The smallest absolute Gasteiger partial charge is 0.0526 e. The minimum absolute atomic E-state index is 0.233. The van der Waals surface area contributed by atoms with Gasteiger partial charge in [0.2, 0.25) is 0 Å². The van der Waals surface area contributed by atoms with Crippen molar-refractivity contribution in [1.82, 2.24) is 5.32 Å². The number of fused-ring (bicyclic) bond motifs is 1. The first kappa shape index (κ1) is 13.1. The van der Waals surface area contributed by atoms with Gasteiger partial charge in [-0.1, -0.05) is 22.0 Å². The molecular weight excluding hydrogens is 278 g/mol. The van der Waals surface area contributed by atoms with Crippen LogP contribution in [0, 0.1) is 0 Å². The standard InChI is InChI=1S/C14H20BrNO/c1-9(7-10(2)17)16-14-6-3-11-8-12(15)4-5-13(11)14/h4-5,8-10,14,16-17H,3,6-7H2,1-2H3. The van der Waals surface area contributed by atoms with E-state index in [0.29, 0.717) is 12.1 Å².